The third-order valence-electron chi connectivity index (χ3n) is 2.59. The minimum Gasteiger partial charge on any atom is -0.200 e. The molecule has 0 spiro atoms. The number of rotatable bonds is 4. The van der Waals surface area contributed by atoms with Crippen molar-refractivity contribution in [2.24, 2.45) is 5.10 Å². The average Bonchev–Trinajstić information content (AvgIpc) is 2.41. The van der Waals surface area contributed by atoms with Crippen LogP contribution >= 0.6 is 15.9 Å². The minimum atomic E-state index is -3.62. The summed E-state index contributed by atoms with van der Waals surface area (Å²) >= 11 is 3.26. The minimum absolute atomic E-state index is 0.168. The molecule has 0 saturated carbocycles. The van der Waals surface area contributed by atoms with E-state index >= 15 is 0 Å². The fourth-order valence-corrected chi connectivity index (χ4v) is 2.54. The van der Waals surface area contributed by atoms with Crippen LogP contribution in [0.25, 0.3) is 0 Å². The van der Waals surface area contributed by atoms with Crippen LogP contribution in [-0.4, -0.2) is 14.6 Å². The molecule has 20 heavy (non-hydrogen) atoms. The van der Waals surface area contributed by atoms with Crippen LogP contribution in [0.15, 0.2) is 63.0 Å². The highest BCUT2D eigenvalue weighted by Crippen LogP contribution is 2.14. The standard InChI is InChI=1S/C14H13BrN2O2S/c1-11-2-4-12(5-3-11)10-16-17-20(18,19)14-8-6-13(15)7-9-14/h2-10,17H,1H3/b16-10+. The maximum absolute atomic E-state index is 11.9. The van der Waals surface area contributed by atoms with Gasteiger partial charge in [0.25, 0.3) is 10.0 Å². The summed E-state index contributed by atoms with van der Waals surface area (Å²) < 4.78 is 24.7. The number of hydrazone groups is 1. The molecule has 0 aliphatic carbocycles. The number of halogens is 1. The third kappa shape index (κ3) is 3.91. The van der Waals surface area contributed by atoms with E-state index in [1.807, 2.05) is 31.2 Å². The molecule has 2 aromatic rings. The number of sulfonamides is 1. The summed E-state index contributed by atoms with van der Waals surface area (Å²) in [6.45, 7) is 1.98. The second-order valence-electron chi connectivity index (χ2n) is 4.22. The van der Waals surface area contributed by atoms with Crippen LogP contribution in [0.4, 0.5) is 0 Å². The van der Waals surface area contributed by atoms with Crippen molar-refractivity contribution < 1.29 is 8.42 Å². The van der Waals surface area contributed by atoms with Gasteiger partial charge < -0.3 is 0 Å². The van der Waals surface area contributed by atoms with E-state index in [-0.39, 0.29) is 4.90 Å². The summed E-state index contributed by atoms with van der Waals surface area (Å²) in [4.78, 5) is 2.35. The molecule has 0 heterocycles. The molecular weight excluding hydrogens is 340 g/mol. The summed E-state index contributed by atoms with van der Waals surface area (Å²) in [7, 11) is -3.62. The molecule has 0 bridgehead atoms. The van der Waals surface area contributed by atoms with E-state index in [2.05, 4.69) is 25.9 Å². The van der Waals surface area contributed by atoms with Crippen LogP contribution in [-0.2, 0) is 10.0 Å². The van der Waals surface area contributed by atoms with Crippen LogP contribution in [0.5, 0.6) is 0 Å². The van der Waals surface area contributed by atoms with Crippen molar-refractivity contribution in [2.45, 2.75) is 11.8 Å². The molecule has 0 radical (unpaired) electrons. The lowest BCUT2D eigenvalue weighted by molar-refractivity contribution is 0.584. The summed E-state index contributed by atoms with van der Waals surface area (Å²) in [5.74, 6) is 0. The van der Waals surface area contributed by atoms with Gasteiger partial charge >= 0.3 is 0 Å². The average molecular weight is 353 g/mol. The lowest BCUT2D eigenvalue weighted by atomic mass is 10.2. The Kier molecular flexibility index (Phi) is 4.57. The fraction of sp³-hybridized carbons (Fsp3) is 0.0714. The zero-order valence-electron chi connectivity index (χ0n) is 10.7. The van der Waals surface area contributed by atoms with E-state index in [0.29, 0.717) is 0 Å². The van der Waals surface area contributed by atoms with Crippen molar-refractivity contribution in [2.75, 3.05) is 0 Å². The highest BCUT2D eigenvalue weighted by molar-refractivity contribution is 9.10. The molecule has 0 unspecified atom stereocenters. The van der Waals surface area contributed by atoms with E-state index in [0.717, 1.165) is 15.6 Å². The van der Waals surface area contributed by atoms with Crippen molar-refractivity contribution in [3.05, 3.63) is 64.1 Å². The van der Waals surface area contributed by atoms with E-state index in [4.69, 9.17) is 0 Å². The lowest BCUT2D eigenvalue weighted by Gasteiger charge is -2.03. The maximum Gasteiger partial charge on any atom is 0.276 e. The summed E-state index contributed by atoms with van der Waals surface area (Å²) in [6, 6.07) is 14.0. The van der Waals surface area contributed by atoms with Gasteiger partial charge in [0, 0.05) is 4.47 Å². The zero-order valence-corrected chi connectivity index (χ0v) is 13.1. The quantitative estimate of drug-likeness (QED) is 0.678. The molecular formula is C14H13BrN2O2S. The van der Waals surface area contributed by atoms with E-state index < -0.39 is 10.0 Å². The van der Waals surface area contributed by atoms with Crippen molar-refractivity contribution in [3.63, 3.8) is 0 Å². The van der Waals surface area contributed by atoms with Crippen molar-refractivity contribution in [3.8, 4) is 0 Å². The predicted molar refractivity (Wildman–Crippen MR) is 83.2 cm³/mol. The molecule has 2 aromatic carbocycles. The first-order valence-corrected chi connectivity index (χ1v) is 8.12. The second-order valence-corrected chi connectivity index (χ2v) is 6.79. The Bertz CT molecular complexity index is 708. The molecule has 0 aliphatic heterocycles. The number of benzene rings is 2. The van der Waals surface area contributed by atoms with Crippen LogP contribution in [0.2, 0.25) is 0 Å². The van der Waals surface area contributed by atoms with Gasteiger partial charge in [-0.15, -0.1) is 0 Å². The number of hydrogen-bond donors (Lipinski definition) is 1. The molecule has 1 N–H and O–H groups in total. The number of nitrogens with zero attached hydrogens (tertiary/aromatic N) is 1. The number of nitrogens with one attached hydrogen (secondary N) is 1. The summed E-state index contributed by atoms with van der Waals surface area (Å²) in [6.07, 6.45) is 1.47. The topological polar surface area (TPSA) is 58.5 Å². The monoisotopic (exact) mass is 352 g/mol. The van der Waals surface area contributed by atoms with Gasteiger partial charge in [0.05, 0.1) is 11.1 Å². The summed E-state index contributed by atoms with van der Waals surface area (Å²) in [5, 5.41) is 3.77. The van der Waals surface area contributed by atoms with Crippen molar-refractivity contribution in [1.82, 2.24) is 4.83 Å². The first kappa shape index (κ1) is 14.7. The normalized spacial score (nSPS) is 11.7. The smallest absolute Gasteiger partial charge is 0.200 e. The Morgan fingerprint density at radius 2 is 1.65 bits per heavy atom. The van der Waals surface area contributed by atoms with Crippen LogP contribution in [0, 0.1) is 6.92 Å². The Labute approximate surface area is 126 Å². The van der Waals surface area contributed by atoms with Gasteiger partial charge in [-0.3, -0.25) is 0 Å². The Morgan fingerprint density at radius 3 is 2.25 bits per heavy atom. The lowest BCUT2D eigenvalue weighted by Crippen LogP contribution is -2.18. The van der Waals surface area contributed by atoms with Crippen molar-refractivity contribution in [1.29, 1.82) is 0 Å². The predicted octanol–water partition coefficient (Wildman–Crippen LogP) is 3.07. The molecule has 0 aromatic heterocycles. The molecule has 0 amide bonds. The number of hydrogen-bond acceptors (Lipinski definition) is 3. The van der Waals surface area contributed by atoms with Gasteiger partial charge in [-0.2, -0.15) is 13.5 Å². The third-order valence-corrected chi connectivity index (χ3v) is 4.35. The molecule has 6 heteroatoms. The highest BCUT2D eigenvalue weighted by Gasteiger charge is 2.11. The first-order chi connectivity index (χ1) is 9.47. The van der Waals surface area contributed by atoms with Crippen LogP contribution in [0.3, 0.4) is 0 Å². The van der Waals surface area contributed by atoms with E-state index in [1.54, 1.807) is 12.1 Å². The molecule has 0 atom stereocenters. The SMILES string of the molecule is Cc1ccc(/C=N/NS(=O)(=O)c2ccc(Br)cc2)cc1. The Hall–Kier alpha value is -1.66. The molecule has 104 valence electrons. The Balaban J connectivity index is 2.09. The molecule has 4 nitrogen and oxygen atoms in total. The first-order valence-electron chi connectivity index (χ1n) is 5.84. The van der Waals surface area contributed by atoms with Crippen LogP contribution < -0.4 is 4.83 Å². The van der Waals surface area contributed by atoms with Gasteiger partial charge in [0.1, 0.15) is 0 Å². The Morgan fingerprint density at radius 1 is 1.05 bits per heavy atom. The van der Waals surface area contributed by atoms with E-state index in [1.165, 1.54) is 18.3 Å². The molecule has 2 rings (SSSR count). The molecule has 0 fully saturated rings. The summed E-state index contributed by atoms with van der Waals surface area (Å²) in [5.41, 5.74) is 1.96. The van der Waals surface area contributed by atoms with Gasteiger partial charge in [0.15, 0.2) is 0 Å². The van der Waals surface area contributed by atoms with Gasteiger partial charge in [-0.1, -0.05) is 45.8 Å². The molecule has 0 aliphatic rings. The van der Waals surface area contributed by atoms with Crippen LogP contribution in [0.1, 0.15) is 11.1 Å². The van der Waals surface area contributed by atoms with Gasteiger partial charge in [-0.05, 0) is 36.8 Å². The van der Waals surface area contributed by atoms with Crippen molar-refractivity contribution >= 4 is 32.2 Å². The van der Waals surface area contributed by atoms with Gasteiger partial charge in [-0.25, -0.2) is 4.83 Å². The number of aryl methyl sites for hydroxylation is 1. The largest absolute Gasteiger partial charge is 0.276 e. The maximum atomic E-state index is 11.9. The van der Waals surface area contributed by atoms with Gasteiger partial charge in [0.2, 0.25) is 0 Å². The van der Waals surface area contributed by atoms with E-state index in [9.17, 15) is 8.42 Å². The highest BCUT2D eigenvalue weighted by atomic mass is 79.9. The fourth-order valence-electron chi connectivity index (χ4n) is 1.49. The zero-order chi connectivity index (χ0) is 14.6. The second kappa shape index (κ2) is 6.19. The molecule has 0 saturated heterocycles.